The van der Waals surface area contributed by atoms with E-state index in [2.05, 4.69) is 106 Å². The van der Waals surface area contributed by atoms with Gasteiger partial charge < -0.3 is 17.9 Å². The van der Waals surface area contributed by atoms with Crippen molar-refractivity contribution in [3.05, 3.63) is 47.6 Å². The Bertz CT molecular complexity index is 1390. The zero-order valence-electron chi connectivity index (χ0n) is 35.9. The molecule has 298 valence electrons. The quantitative estimate of drug-likeness (QED) is 0.0937. The molecule has 0 saturated heterocycles. The number of allylic oxidation sites excluding steroid dienone is 5. The number of carbonyl (C=O) groups is 1. The van der Waals surface area contributed by atoms with Crippen molar-refractivity contribution in [1.82, 2.24) is 0 Å². The molecule has 7 atom stereocenters. The Kier molecular flexibility index (Phi) is 15.3. The second-order valence-corrected chi connectivity index (χ2v) is 31.0. The van der Waals surface area contributed by atoms with Crippen molar-refractivity contribution >= 4 is 30.0 Å². The maximum absolute atomic E-state index is 13.5. The van der Waals surface area contributed by atoms with Gasteiger partial charge in [0.1, 0.15) is 5.66 Å². The molecule has 0 bridgehead atoms. The highest BCUT2D eigenvalue weighted by atomic mass is 31.2. The summed E-state index contributed by atoms with van der Waals surface area (Å²) in [5.41, 5.74) is 3.36. The fourth-order valence-corrected chi connectivity index (χ4v) is 13.2. The summed E-state index contributed by atoms with van der Waals surface area (Å²) in [5, 5.41) is 0.255. The molecule has 0 aromatic rings. The van der Waals surface area contributed by atoms with Crippen LogP contribution in [0, 0.1) is 23.2 Å². The van der Waals surface area contributed by atoms with Gasteiger partial charge in [0.15, 0.2) is 22.4 Å². The first-order valence-electron chi connectivity index (χ1n) is 20.4. The summed E-state index contributed by atoms with van der Waals surface area (Å²) in [6, 6.07) is 0. The minimum atomic E-state index is -3.52. The highest BCUT2D eigenvalue weighted by Gasteiger charge is 2.51. The minimum Gasteiger partial charge on any atom is -0.413 e. The molecule has 9 heteroatoms. The summed E-state index contributed by atoms with van der Waals surface area (Å²) >= 11 is 0. The predicted octanol–water partition coefficient (Wildman–Crippen LogP) is 13.0. The van der Waals surface area contributed by atoms with Gasteiger partial charge in [-0.25, -0.2) is 0 Å². The van der Waals surface area contributed by atoms with Crippen LogP contribution >= 0.6 is 7.60 Å². The molecule has 6 nitrogen and oxygen atoms in total. The molecule has 0 aromatic carbocycles. The molecule has 0 radical (unpaired) electrons. The lowest BCUT2D eigenvalue weighted by atomic mass is 9.61. The first kappa shape index (κ1) is 45.5. The van der Waals surface area contributed by atoms with Gasteiger partial charge in [0.05, 0.1) is 25.4 Å². The lowest BCUT2D eigenvalue weighted by molar-refractivity contribution is -0.114. The molecule has 3 saturated carbocycles. The van der Waals surface area contributed by atoms with Crippen LogP contribution in [0.25, 0.3) is 0 Å². The van der Waals surface area contributed by atoms with E-state index in [0.29, 0.717) is 18.3 Å². The Hall–Kier alpha value is -0.866. The Balaban J connectivity index is 1.88. The molecule has 2 unspecified atom stereocenters. The zero-order valence-corrected chi connectivity index (χ0v) is 38.8. The van der Waals surface area contributed by atoms with Gasteiger partial charge in [-0.1, -0.05) is 92.7 Å². The molecule has 0 spiro atoms. The van der Waals surface area contributed by atoms with Crippen molar-refractivity contribution in [2.45, 2.75) is 182 Å². The van der Waals surface area contributed by atoms with Gasteiger partial charge in [-0.2, -0.15) is 0 Å². The SMILES string of the molecule is C=C1/C(=C\C=C2/CCC[C@@]3(C)C2CC[C@@H]3[C@H](C)/C=C/C(=O)C(CC)P(=O)(OCC)OCC)C[C@@H](O[Si](C)(C)C(C)(C)C)C[C@@H]1O[Si](C)(C)C(C)(C)C. The molecule has 3 aliphatic rings. The Morgan fingerprint density at radius 2 is 1.54 bits per heavy atom. The summed E-state index contributed by atoms with van der Waals surface area (Å²) in [7, 11) is -7.53. The van der Waals surface area contributed by atoms with E-state index in [1.807, 2.05) is 6.92 Å². The van der Waals surface area contributed by atoms with E-state index < -0.39 is 29.9 Å². The number of carbonyl (C=O) groups excluding carboxylic acids is 1. The maximum Gasteiger partial charge on any atom is 0.341 e. The van der Waals surface area contributed by atoms with Crippen LogP contribution in [0.3, 0.4) is 0 Å². The van der Waals surface area contributed by atoms with Crippen LogP contribution < -0.4 is 0 Å². The van der Waals surface area contributed by atoms with Gasteiger partial charge in [-0.15, -0.1) is 0 Å². The third-order valence-electron chi connectivity index (χ3n) is 13.7. The standard InChI is InChI=1S/C43H77O6PSi2/c1-17-40(50(45,46-18-2)47-19-3)38(44)27-22-31(4)36-25-26-37-33(21-20-28-43(36,37)12)23-24-34-29-35(48-51(13,14)41(6,7)8)30-39(32(34)5)49-52(15,16)42(9,10)11/h22-24,27,31,35-37,39-40H,5,17-21,25-26,28-30H2,1-4,6-16H3/b27-22+,33-23+,34-24-/t31-,35-,36-,37?,39+,40?,43-/m1/s1. The Labute approximate surface area is 321 Å². The smallest absolute Gasteiger partial charge is 0.341 e. The monoisotopic (exact) mass is 776 g/mol. The van der Waals surface area contributed by atoms with Crippen LogP contribution in [0.4, 0.5) is 0 Å². The molecule has 3 fully saturated rings. The number of rotatable bonds is 15. The average Bonchev–Trinajstić information content (AvgIpc) is 3.37. The van der Waals surface area contributed by atoms with Gasteiger partial charge in [-0.05, 0) is 135 Å². The predicted molar refractivity (Wildman–Crippen MR) is 225 cm³/mol. The van der Waals surface area contributed by atoms with Gasteiger partial charge in [0, 0.05) is 6.42 Å². The summed E-state index contributed by atoms with van der Waals surface area (Å²) in [5.74, 6) is 1.06. The van der Waals surface area contributed by atoms with Crippen molar-refractivity contribution < 1.29 is 27.3 Å². The number of hydrogen-bond donors (Lipinski definition) is 0. The van der Waals surface area contributed by atoms with E-state index in [1.54, 1.807) is 25.5 Å². The summed E-state index contributed by atoms with van der Waals surface area (Å²) in [4.78, 5) is 13.4. The Morgan fingerprint density at radius 1 is 0.962 bits per heavy atom. The van der Waals surface area contributed by atoms with E-state index in [-0.39, 0.29) is 52.6 Å². The van der Waals surface area contributed by atoms with Gasteiger partial charge >= 0.3 is 7.60 Å². The van der Waals surface area contributed by atoms with Gasteiger partial charge in [-0.3, -0.25) is 9.36 Å². The third kappa shape index (κ3) is 10.3. The number of ketones is 1. The van der Waals surface area contributed by atoms with Crippen LogP contribution in [-0.4, -0.2) is 53.5 Å². The zero-order chi connectivity index (χ0) is 39.5. The average molecular weight is 777 g/mol. The van der Waals surface area contributed by atoms with Crippen LogP contribution in [0.1, 0.15) is 128 Å². The van der Waals surface area contributed by atoms with Crippen LogP contribution in [0.15, 0.2) is 47.6 Å². The highest BCUT2D eigenvalue weighted by molar-refractivity contribution is 7.55. The summed E-state index contributed by atoms with van der Waals surface area (Å²) in [6.45, 7) is 38.7. The van der Waals surface area contributed by atoms with Crippen molar-refractivity contribution in [2.24, 2.45) is 23.2 Å². The molecule has 0 aliphatic heterocycles. The summed E-state index contributed by atoms with van der Waals surface area (Å²) in [6.07, 6.45) is 16.6. The molecule has 0 amide bonds. The molecule has 0 aromatic heterocycles. The second kappa shape index (κ2) is 17.5. The van der Waals surface area contributed by atoms with E-state index in [1.165, 1.54) is 24.8 Å². The molecule has 3 rings (SSSR count). The topological polar surface area (TPSA) is 71.1 Å². The fourth-order valence-electron chi connectivity index (χ4n) is 8.56. The fraction of sp³-hybridized carbons (Fsp3) is 0.791. The molecule has 0 N–H and O–H groups in total. The van der Waals surface area contributed by atoms with E-state index >= 15 is 0 Å². The first-order valence-corrected chi connectivity index (χ1v) is 27.9. The highest BCUT2D eigenvalue weighted by Crippen LogP contribution is 2.60. The van der Waals surface area contributed by atoms with E-state index in [9.17, 15) is 9.36 Å². The number of fused-ring (bicyclic) bond motifs is 1. The first-order chi connectivity index (χ1) is 23.9. The van der Waals surface area contributed by atoms with Crippen molar-refractivity contribution in [2.75, 3.05) is 13.2 Å². The largest absolute Gasteiger partial charge is 0.413 e. The molecular formula is C43H77O6PSi2. The molecular weight excluding hydrogens is 700 g/mol. The minimum absolute atomic E-state index is 0.0276. The Morgan fingerprint density at radius 3 is 2.08 bits per heavy atom. The van der Waals surface area contributed by atoms with Crippen molar-refractivity contribution in [3.63, 3.8) is 0 Å². The van der Waals surface area contributed by atoms with Crippen molar-refractivity contribution in [1.29, 1.82) is 0 Å². The van der Waals surface area contributed by atoms with Gasteiger partial charge in [0.2, 0.25) is 0 Å². The lowest BCUT2D eigenvalue weighted by Crippen LogP contribution is -2.49. The third-order valence-corrected chi connectivity index (χ3v) is 25.3. The summed E-state index contributed by atoms with van der Waals surface area (Å²) < 4.78 is 38.8. The van der Waals surface area contributed by atoms with Crippen LogP contribution in [0.2, 0.25) is 36.3 Å². The lowest BCUT2D eigenvalue weighted by Gasteiger charge is -2.45. The van der Waals surface area contributed by atoms with Gasteiger partial charge in [0.25, 0.3) is 0 Å². The molecule has 0 heterocycles. The number of hydrogen-bond acceptors (Lipinski definition) is 6. The molecule has 52 heavy (non-hydrogen) atoms. The van der Waals surface area contributed by atoms with Crippen molar-refractivity contribution in [3.8, 4) is 0 Å². The maximum atomic E-state index is 13.5. The van der Waals surface area contributed by atoms with Crippen LogP contribution in [0.5, 0.6) is 0 Å². The molecule has 3 aliphatic carbocycles. The van der Waals surface area contributed by atoms with E-state index in [0.717, 1.165) is 31.3 Å². The van der Waals surface area contributed by atoms with Crippen LogP contribution in [-0.2, 0) is 27.3 Å². The second-order valence-electron chi connectivity index (χ2n) is 19.3. The van der Waals surface area contributed by atoms with E-state index in [4.69, 9.17) is 17.9 Å². The normalized spacial score (nSPS) is 29.6.